The van der Waals surface area contributed by atoms with Crippen molar-refractivity contribution < 1.29 is 9.53 Å². The molecule has 0 bridgehead atoms. The second-order valence-corrected chi connectivity index (χ2v) is 5.21. The van der Waals surface area contributed by atoms with Crippen molar-refractivity contribution in [3.63, 3.8) is 0 Å². The number of carbonyl (C=O) groups is 1. The van der Waals surface area contributed by atoms with Crippen LogP contribution >= 0.6 is 0 Å². The molecule has 5 nitrogen and oxygen atoms in total. The van der Waals surface area contributed by atoms with Crippen LogP contribution in [0.2, 0.25) is 0 Å². The van der Waals surface area contributed by atoms with E-state index in [0.29, 0.717) is 18.7 Å². The quantitative estimate of drug-likeness (QED) is 0.808. The van der Waals surface area contributed by atoms with E-state index < -0.39 is 0 Å². The van der Waals surface area contributed by atoms with Gasteiger partial charge in [0.05, 0.1) is 18.0 Å². The molecule has 0 radical (unpaired) electrons. The highest BCUT2D eigenvalue weighted by Crippen LogP contribution is 2.34. The number of carbonyl (C=O) groups excluding carboxylic acids is 1. The summed E-state index contributed by atoms with van der Waals surface area (Å²) in [6.45, 7) is 5.74. The molecule has 110 valence electrons. The van der Waals surface area contributed by atoms with Crippen LogP contribution in [-0.4, -0.2) is 32.2 Å². The van der Waals surface area contributed by atoms with E-state index in [1.54, 1.807) is 7.11 Å². The zero-order valence-electron chi connectivity index (χ0n) is 12.4. The van der Waals surface area contributed by atoms with Crippen LogP contribution in [0.3, 0.4) is 0 Å². The SMILES string of the molecule is CCN(c1cc2c(cc1N)NC(=O)CC2)C(C)COC. The number of likely N-dealkylation sites (N-methyl/N-ethyl adjacent to an activating group) is 1. The minimum atomic E-state index is 0.0600. The Hall–Kier alpha value is -1.75. The smallest absolute Gasteiger partial charge is 0.224 e. The number of nitrogens with one attached hydrogen (secondary N) is 1. The van der Waals surface area contributed by atoms with Crippen molar-refractivity contribution in [1.29, 1.82) is 0 Å². The van der Waals surface area contributed by atoms with Crippen LogP contribution in [-0.2, 0) is 16.0 Å². The van der Waals surface area contributed by atoms with Gasteiger partial charge in [-0.05, 0) is 38.0 Å². The molecule has 0 aliphatic carbocycles. The lowest BCUT2D eigenvalue weighted by Crippen LogP contribution is -2.36. The van der Waals surface area contributed by atoms with E-state index in [1.165, 1.54) is 0 Å². The molecule has 1 heterocycles. The molecular formula is C15H23N3O2. The first-order valence-corrected chi connectivity index (χ1v) is 7.04. The average molecular weight is 277 g/mol. The molecule has 1 aromatic carbocycles. The number of methoxy groups -OCH3 is 1. The minimum Gasteiger partial charge on any atom is -0.397 e. The molecule has 0 spiro atoms. The van der Waals surface area contributed by atoms with Crippen LogP contribution < -0.4 is 16.0 Å². The lowest BCUT2D eigenvalue weighted by Gasteiger charge is -2.32. The molecule has 20 heavy (non-hydrogen) atoms. The van der Waals surface area contributed by atoms with Gasteiger partial charge in [0.2, 0.25) is 5.91 Å². The summed E-state index contributed by atoms with van der Waals surface area (Å²) in [4.78, 5) is 13.7. The van der Waals surface area contributed by atoms with E-state index >= 15 is 0 Å². The number of ether oxygens (including phenoxy) is 1. The number of amides is 1. The van der Waals surface area contributed by atoms with Crippen LogP contribution in [0, 0.1) is 0 Å². The second kappa shape index (κ2) is 6.13. The van der Waals surface area contributed by atoms with Crippen LogP contribution in [0.25, 0.3) is 0 Å². The number of anilines is 3. The van der Waals surface area contributed by atoms with E-state index in [9.17, 15) is 4.79 Å². The molecule has 2 rings (SSSR count). The van der Waals surface area contributed by atoms with Gasteiger partial charge in [-0.25, -0.2) is 0 Å². The molecule has 1 aliphatic heterocycles. The van der Waals surface area contributed by atoms with Crippen LogP contribution in [0.15, 0.2) is 12.1 Å². The van der Waals surface area contributed by atoms with Gasteiger partial charge in [0.25, 0.3) is 0 Å². The number of nitrogens with zero attached hydrogens (tertiary/aromatic N) is 1. The van der Waals surface area contributed by atoms with Crippen LogP contribution in [0.4, 0.5) is 17.1 Å². The first kappa shape index (κ1) is 14.7. The maximum Gasteiger partial charge on any atom is 0.224 e. The van der Waals surface area contributed by atoms with Gasteiger partial charge in [-0.15, -0.1) is 0 Å². The third-order valence-electron chi connectivity index (χ3n) is 3.74. The Bertz CT molecular complexity index is 502. The Kier molecular flexibility index (Phi) is 4.49. The van der Waals surface area contributed by atoms with Gasteiger partial charge < -0.3 is 20.7 Å². The summed E-state index contributed by atoms with van der Waals surface area (Å²) in [6, 6.07) is 4.22. The van der Waals surface area contributed by atoms with Crippen molar-refractivity contribution in [2.24, 2.45) is 0 Å². The predicted octanol–water partition coefficient (Wildman–Crippen LogP) is 2.01. The Labute approximate surface area is 120 Å². The number of rotatable bonds is 5. The molecule has 1 atom stereocenters. The molecular weight excluding hydrogens is 254 g/mol. The number of nitrogens with two attached hydrogens (primary N) is 1. The molecule has 1 aliphatic rings. The minimum absolute atomic E-state index is 0.0600. The summed E-state index contributed by atoms with van der Waals surface area (Å²) < 4.78 is 5.23. The lowest BCUT2D eigenvalue weighted by molar-refractivity contribution is -0.116. The number of hydrogen-bond acceptors (Lipinski definition) is 4. The topological polar surface area (TPSA) is 67.6 Å². The normalized spacial score (nSPS) is 15.4. The first-order chi connectivity index (χ1) is 9.56. The fourth-order valence-corrected chi connectivity index (χ4v) is 2.73. The largest absolute Gasteiger partial charge is 0.397 e. The van der Waals surface area contributed by atoms with Crippen molar-refractivity contribution in [3.8, 4) is 0 Å². The maximum absolute atomic E-state index is 11.4. The Morgan fingerprint density at radius 1 is 1.45 bits per heavy atom. The number of hydrogen-bond donors (Lipinski definition) is 2. The van der Waals surface area contributed by atoms with Crippen molar-refractivity contribution in [2.75, 3.05) is 36.2 Å². The Balaban J connectivity index is 2.34. The lowest BCUT2D eigenvalue weighted by atomic mass is 10.0. The zero-order valence-corrected chi connectivity index (χ0v) is 12.4. The third kappa shape index (κ3) is 2.88. The van der Waals surface area contributed by atoms with Gasteiger partial charge in [-0.2, -0.15) is 0 Å². The van der Waals surface area contributed by atoms with Crippen molar-refractivity contribution in [2.45, 2.75) is 32.7 Å². The van der Waals surface area contributed by atoms with Crippen LogP contribution in [0.5, 0.6) is 0 Å². The van der Waals surface area contributed by atoms with Gasteiger partial charge in [0.15, 0.2) is 0 Å². The van der Waals surface area contributed by atoms with Gasteiger partial charge in [0, 0.05) is 31.8 Å². The summed E-state index contributed by atoms with van der Waals surface area (Å²) in [6.07, 6.45) is 1.31. The summed E-state index contributed by atoms with van der Waals surface area (Å²) in [7, 11) is 1.70. The number of benzene rings is 1. The highest BCUT2D eigenvalue weighted by atomic mass is 16.5. The Morgan fingerprint density at radius 2 is 2.20 bits per heavy atom. The number of fused-ring (bicyclic) bond motifs is 1. The molecule has 1 amide bonds. The van der Waals surface area contributed by atoms with E-state index in [2.05, 4.69) is 30.1 Å². The van der Waals surface area contributed by atoms with E-state index in [0.717, 1.165) is 29.9 Å². The molecule has 5 heteroatoms. The molecule has 1 unspecified atom stereocenters. The Morgan fingerprint density at radius 3 is 2.85 bits per heavy atom. The van der Waals surface area contributed by atoms with E-state index in [-0.39, 0.29) is 11.9 Å². The van der Waals surface area contributed by atoms with Gasteiger partial charge in [0.1, 0.15) is 0 Å². The number of aryl methyl sites for hydroxylation is 1. The molecule has 3 N–H and O–H groups in total. The summed E-state index contributed by atoms with van der Waals surface area (Å²) in [5.41, 5.74) is 9.87. The van der Waals surface area contributed by atoms with Crippen molar-refractivity contribution >= 4 is 23.0 Å². The summed E-state index contributed by atoms with van der Waals surface area (Å²) in [5, 5.41) is 2.88. The highest BCUT2D eigenvalue weighted by molar-refractivity contribution is 5.95. The summed E-state index contributed by atoms with van der Waals surface area (Å²) >= 11 is 0. The first-order valence-electron chi connectivity index (χ1n) is 7.04. The van der Waals surface area contributed by atoms with E-state index in [1.807, 2.05) is 6.07 Å². The maximum atomic E-state index is 11.4. The average Bonchev–Trinajstić information content (AvgIpc) is 2.40. The van der Waals surface area contributed by atoms with Gasteiger partial charge >= 0.3 is 0 Å². The van der Waals surface area contributed by atoms with Crippen molar-refractivity contribution in [3.05, 3.63) is 17.7 Å². The fraction of sp³-hybridized carbons (Fsp3) is 0.533. The monoisotopic (exact) mass is 277 g/mol. The van der Waals surface area contributed by atoms with Gasteiger partial charge in [-0.3, -0.25) is 4.79 Å². The zero-order chi connectivity index (χ0) is 14.7. The van der Waals surface area contributed by atoms with E-state index in [4.69, 9.17) is 10.5 Å². The molecule has 0 fully saturated rings. The fourth-order valence-electron chi connectivity index (χ4n) is 2.73. The molecule has 0 aromatic heterocycles. The van der Waals surface area contributed by atoms with Gasteiger partial charge in [-0.1, -0.05) is 0 Å². The molecule has 0 saturated carbocycles. The van der Waals surface area contributed by atoms with Crippen LogP contribution in [0.1, 0.15) is 25.8 Å². The highest BCUT2D eigenvalue weighted by Gasteiger charge is 2.20. The second-order valence-electron chi connectivity index (χ2n) is 5.21. The van der Waals surface area contributed by atoms with Crippen molar-refractivity contribution in [1.82, 2.24) is 0 Å². The predicted molar refractivity (Wildman–Crippen MR) is 82.2 cm³/mol. The number of nitrogen functional groups attached to an aromatic ring is 1. The summed E-state index contributed by atoms with van der Waals surface area (Å²) in [5.74, 6) is 0.0600. The molecule has 1 aromatic rings. The third-order valence-corrected chi connectivity index (χ3v) is 3.74. The standard InChI is InChI=1S/C15H23N3O2/c1-4-18(10(2)9-20-3)14-7-11-5-6-15(19)17-13(11)8-12(14)16/h7-8,10H,4-6,9,16H2,1-3H3,(H,17,19). The molecule has 0 saturated heterocycles.